The molecule has 0 atom stereocenters. The number of carbonyl (C=O) groups is 1. The Bertz CT molecular complexity index is 724. The monoisotopic (exact) mass is 301 g/mol. The Kier molecular flexibility index (Phi) is 3.37. The van der Waals surface area contributed by atoms with Crippen LogP contribution in [0.3, 0.4) is 0 Å². The predicted octanol–water partition coefficient (Wildman–Crippen LogP) is 2.50. The summed E-state index contributed by atoms with van der Waals surface area (Å²) in [6, 6.07) is 3.38. The molecule has 110 valence electrons. The van der Waals surface area contributed by atoms with Crippen LogP contribution in [0.2, 0.25) is 0 Å². The maximum Gasteiger partial charge on any atom is 0.423 e. The molecule has 0 saturated heterocycles. The molecule has 1 aromatic carbocycles. The van der Waals surface area contributed by atoms with E-state index >= 15 is 0 Å². The molecule has 0 unspecified atom stereocenters. The third-order valence-electron chi connectivity index (χ3n) is 2.55. The molecule has 0 aliphatic heterocycles. The van der Waals surface area contributed by atoms with Crippen LogP contribution in [0.1, 0.15) is 16.1 Å². The highest BCUT2D eigenvalue weighted by atomic mass is 19.4. The topological polar surface area (TPSA) is 98.3 Å². The highest BCUT2D eigenvalue weighted by Crippen LogP contribution is 2.37. The van der Waals surface area contributed by atoms with Gasteiger partial charge in [-0.05, 0) is 18.2 Å². The van der Waals surface area contributed by atoms with Crippen LogP contribution in [0, 0.1) is 10.1 Å². The molecule has 2 aromatic rings. The molecule has 21 heavy (non-hydrogen) atoms. The van der Waals surface area contributed by atoms with Gasteiger partial charge in [-0.3, -0.25) is 10.1 Å². The number of benzene rings is 1. The summed E-state index contributed by atoms with van der Waals surface area (Å²) in [4.78, 5) is 20.1. The molecule has 7 nitrogen and oxygen atoms in total. The zero-order chi connectivity index (χ0) is 15.8. The van der Waals surface area contributed by atoms with Gasteiger partial charge in [-0.15, -0.1) is 0 Å². The van der Waals surface area contributed by atoms with Crippen LogP contribution in [0.15, 0.2) is 30.5 Å². The van der Waals surface area contributed by atoms with Crippen LogP contribution in [0.5, 0.6) is 0 Å². The summed E-state index contributed by atoms with van der Waals surface area (Å²) < 4.78 is 39.3. The van der Waals surface area contributed by atoms with E-state index in [1.165, 1.54) is 0 Å². The number of hydrogen-bond donors (Lipinski definition) is 1. The van der Waals surface area contributed by atoms with Crippen molar-refractivity contribution >= 4 is 11.7 Å². The van der Waals surface area contributed by atoms with E-state index in [0.29, 0.717) is 12.1 Å². The van der Waals surface area contributed by atoms with E-state index in [0.717, 1.165) is 23.0 Å². The van der Waals surface area contributed by atoms with Gasteiger partial charge in [0.2, 0.25) is 0 Å². The lowest BCUT2D eigenvalue weighted by Crippen LogP contribution is -2.10. The molecule has 0 saturated carbocycles. The van der Waals surface area contributed by atoms with Crippen LogP contribution >= 0.6 is 0 Å². The lowest BCUT2D eigenvalue weighted by atomic mass is 10.1. The van der Waals surface area contributed by atoms with Crippen molar-refractivity contribution in [3.05, 3.63) is 51.8 Å². The van der Waals surface area contributed by atoms with Gasteiger partial charge in [0.1, 0.15) is 5.56 Å². The minimum Gasteiger partial charge on any atom is -0.476 e. The maximum absolute atomic E-state index is 12.8. The highest BCUT2D eigenvalue weighted by Gasteiger charge is 2.38. The average Bonchev–Trinajstić information content (AvgIpc) is 2.86. The number of nitrogens with zero attached hydrogens (tertiary/aromatic N) is 3. The standard InChI is InChI=1S/C11H6F3N3O4/c12-11(13,14)7-5-6(1-2-9(7)17(20)21)16-4-3-8(15-16)10(18)19/h1-5H,(H,18,19). The van der Waals surface area contributed by atoms with E-state index in [-0.39, 0.29) is 11.4 Å². The van der Waals surface area contributed by atoms with E-state index in [9.17, 15) is 28.1 Å². The predicted molar refractivity (Wildman–Crippen MR) is 62.2 cm³/mol. The highest BCUT2D eigenvalue weighted by molar-refractivity contribution is 5.85. The average molecular weight is 301 g/mol. The van der Waals surface area contributed by atoms with Gasteiger partial charge in [0.05, 0.1) is 10.6 Å². The minimum absolute atomic E-state index is 0.138. The number of alkyl halides is 3. The number of nitro groups is 1. The van der Waals surface area contributed by atoms with Gasteiger partial charge >= 0.3 is 12.1 Å². The molecule has 0 bridgehead atoms. The first-order chi connectivity index (χ1) is 9.70. The minimum atomic E-state index is -4.92. The number of carboxylic acid groups (broad SMARTS) is 1. The molecular weight excluding hydrogens is 295 g/mol. The zero-order valence-corrected chi connectivity index (χ0v) is 10.0. The molecule has 0 amide bonds. The Morgan fingerprint density at radius 2 is 2.00 bits per heavy atom. The van der Waals surface area contributed by atoms with Crippen molar-refractivity contribution in [1.82, 2.24) is 9.78 Å². The Morgan fingerprint density at radius 3 is 2.48 bits per heavy atom. The molecule has 0 aliphatic rings. The van der Waals surface area contributed by atoms with E-state index in [1.807, 2.05) is 0 Å². The van der Waals surface area contributed by atoms with E-state index < -0.39 is 28.3 Å². The van der Waals surface area contributed by atoms with Crippen molar-refractivity contribution in [2.24, 2.45) is 0 Å². The lowest BCUT2D eigenvalue weighted by Gasteiger charge is -2.09. The van der Waals surface area contributed by atoms with Gasteiger partial charge in [0.15, 0.2) is 5.69 Å². The Hall–Kier alpha value is -2.91. The smallest absolute Gasteiger partial charge is 0.423 e. The molecule has 0 radical (unpaired) electrons. The van der Waals surface area contributed by atoms with Crippen molar-refractivity contribution in [2.45, 2.75) is 6.18 Å². The van der Waals surface area contributed by atoms with Crippen LogP contribution < -0.4 is 0 Å². The Balaban J connectivity index is 2.56. The first-order valence-corrected chi connectivity index (χ1v) is 5.35. The molecule has 0 spiro atoms. The molecule has 1 aromatic heterocycles. The number of halogens is 3. The first-order valence-electron chi connectivity index (χ1n) is 5.35. The van der Waals surface area contributed by atoms with Crippen LogP contribution in [-0.4, -0.2) is 25.8 Å². The molecule has 1 N–H and O–H groups in total. The third-order valence-corrected chi connectivity index (χ3v) is 2.55. The molecular formula is C11H6F3N3O4. The van der Waals surface area contributed by atoms with Gasteiger partial charge in [0.25, 0.3) is 5.69 Å². The van der Waals surface area contributed by atoms with E-state index in [1.54, 1.807) is 0 Å². The van der Waals surface area contributed by atoms with Gasteiger partial charge < -0.3 is 5.11 Å². The molecule has 10 heteroatoms. The molecule has 0 fully saturated rings. The zero-order valence-electron chi connectivity index (χ0n) is 10.0. The molecule has 2 rings (SSSR count). The number of rotatable bonds is 3. The summed E-state index contributed by atoms with van der Waals surface area (Å²) in [5, 5.41) is 22.9. The van der Waals surface area contributed by atoms with Crippen LogP contribution in [0.4, 0.5) is 18.9 Å². The van der Waals surface area contributed by atoms with Crippen molar-refractivity contribution in [3.63, 3.8) is 0 Å². The van der Waals surface area contributed by atoms with Crippen molar-refractivity contribution in [2.75, 3.05) is 0 Å². The van der Waals surface area contributed by atoms with Crippen LogP contribution in [0.25, 0.3) is 5.69 Å². The fourth-order valence-electron chi connectivity index (χ4n) is 1.63. The van der Waals surface area contributed by atoms with Crippen molar-refractivity contribution < 1.29 is 28.0 Å². The number of nitro benzene ring substituents is 1. The largest absolute Gasteiger partial charge is 0.476 e. The summed E-state index contributed by atoms with van der Waals surface area (Å²) in [5.41, 5.74) is -3.02. The summed E-state index contributed by atoms with van der Waals surface area (Å²) in [5.74, 6) is -1.34. The lowest BCUT2D eigenvalue weighted by molar-refractivity contribution is -0.388. The van der Waals surface area contributed by atoms with Crippen molar-refractivity contribution in [3.8, 4) is 5.69 Å². The van der Waals surface area contributed by atoms with Gasteiger partial charge in [-0.25, -0.2) is 9.48 Å². The Morgan fingerprint density at radius 1 is 1.33 bits per heavy atom. The van der Waals surface area contributed by atoms with Crippen LogP contribution in [-0.2, 0) is 6.18 Å². The SMILES string of the molecule is O=C(O)c1ccn(-c2ccc([N+](=O)[O-])c(C(F)(F)F)c2)n1. The molecule has 1 heterocycles. The summed E-state index contributed by atoms with van der Waals surface area (Å²) in [6.45, 7) is 0. The Labute approximate surface area is 114 Å². The summed E-state index contributed by atoms with van der Waals surface area (Å²) in [6.07, 6.45) is -3.77. The third kappa shape index (κ3) is 2.83. The number of aromatic nitrogens is 2. The second-order valence-corrected chi connectivity index (χ2v) is 3.91. The van der Waals surface area contributed by atoms with Crippen molar-refractivity contribution in [1.29, 1.82) is 0 Å². The first kappa shape index (κ1) is 14.5. The number of hydrogen-bond acceptors (Lipinski definition) is 4. The van der Waals surface area contributed by atoms with E-state index in [2.05, 4.69) is 5.10 Å². The number of carboxylic acids is 1. The summed E-state index contributed by atoms with van der Waals surface area (Å²) in [7, 11) is 0. The maximum atomic E-state index is 12.8. The fourth-order valence-corrected chi connectivity index (χ4v) is 1.63. The second kappa shape index (κ2) is 4.89. The van der Waals surface area contributed by atoms with Gasteiger partial charge in [-0.2, -0.15) is 18.3 Å². The number of aromatic carboxylic acids is 1. The van der Waals surface area contributed by atoms with Gasteiger partial charge in [-0.1, -0.05) is 0 Å². The fraction of sp³-hybridized carbons (Fsp3) is 0.0909. The second-order valence-electron chi connectivity index (χ2n) is 3.91. The summed E-state index contributed by atoms with van der Waals surface area (Å²) >= 11 is 0. The quantitative estimate of drug-likeness (QED) is 0.693. The van der Waals surface area contributed by atoms with E-state index in [4.69, 9.17) is 5.11 Å². The molecule has 0 aliphatic carbocycles. The normalized spacial score (nSPS) is 11.4. The van der Waals surface area contributed by atoms with Gasteiger partial charge in [0, 0.05) is 12.3 Å².